The summed E-state index contributed by atoms with van der Waals surface area (Å²) >= 11 is 0. The minimum absolute atomic E-state index is 0. The molecule has 0 amide bonds. The Kier molecular flexibility index (Phi) is 8.73. The summed E-state index contributed by atoms with van der Waals surface area (Å²) in [5.41, 5.74) is 2.48. The quantitative estimate of drug-likeness (QED) is 0.408. The van der Waals surface area contributed by atoms with Gasteiger partial charge in [-0.05, 0) is 12.5 Å². The smallest absolute Gasteiger partial charge is 0.228 e. The van der Waals surface area contributed by atoms with E-state index < -0.39 is 0 Å². The summed E-state index contributed by atoms with van der Waals surface area (Å²) < 4.78 is 5.22. The van der Waals surface area contributed by atoms with Gasteiger partial charge in [-0.1, -0.05) is 48.8 Å². The lowest BCUT2D eigenvalue weighted by molar-refractivity contribution is 0.371. The van der Waals surface area contributed by atoms with Crippen molar-refractivity contribution in [3.8, 4) is 0 Å². The Labute approximate surface area is 160 Å². The lowest BCUT2D eigenvalue weighted by Gasteiger charge is -2.11. The van der Waals surface area contributed by atoms with Crippen molar-refractivity contribution in [2.45, 2.75) is 39.7 Å². The van der Waals surface area contributed by atoms with Crippen molar-refractivity contribution in [1.82, 2.24) is 20.8 Å². The van der Waals surface area contributed by atoms with Gasteiger partial charge in [0.15, 0.2) is 11.8 Å². The fourth-order valence-electron chi connectivity index (χ4n) is 2.12. The van der Waals surface area contributed by atoms with Crippen molar-refractivity contribution in [2.24, 2.45) is 4.99 Å². The topological polar surface area (TPSA) is 75.3 Å². The molecule has 1 heterocycles. The van der Waals surface area contributed by atoms with Crippen molar-refractivity contribution in [2.75, 3.05) is 13.6 Å². The zero-order valence-electron chi connectivity index (χ0n) is 14.7. The van der Waals surface area contributed by atoms with E-state index in [2.05, 4.69) is 57.0 Å². The molecule has 0 aliphatic heterocycles. The van der Waals surface area contributed by atoms with Gasteiger partial charge in [0.25, 0.3) is 0 Å². The summed E-state index contributed by atoms with van der Waals surface area (Å²) in [6.45, 7) is 7.60. The van der Waals surface area contributed by atoms with Crippen LogP contribution in [0.15, 0.2) is 33.8 Å². The van der Waals surface area contributed by atoms with E-state index in [0.717, 1.165) is 18.3 Å². The molecular formula is C17H26IN5O. The predicted molar refractivity (Wildman–Crippen MR) is 107 cm³/mol. The third kappa shape index (κ3) is 6.46. The van der Waals surface area contributed by atoms with Crippen LogP contribution in [-0.2, 0) is 13.0 Å². The normalized spacial score (nSPS) is 11.3. The van der Waals surface area contributed by atoms with Gasteiger partial charge in [0.1, 0.15) is 0 Å². The van der Waals surface area contributed by atoms with E-state index in [1.54, 1.807) is 7.05 Å². The van der Waals surface area contributed by atoms with Gasteiger partial charge >= 0.3 is 0 Å². The number of hydrogen-bond acceptors (Lipinski definition) is 4. The number of aryl methyl sites for hydroxylation is 1. The highest BCUT2D eigenvalue weighted by Crippen LogP contribution is 2.09. The van der Waals surface area contributed by atoms with Crippen molar-refractivity contribution in [3.63, 3.8) is 0 Å². The molecule has 0 atom stereocenters. The summed E-state index contributed by atoms with van der Waals surface area (Å²) in [5, 5.41) is 10.5. The molecular weight excluding hydrogens is 417 g/mol. The summed E-state index contributed by atoms with van der Waals surface area (Å²) in [7, 11) is 1.76. The third-order valence-electron chi connectivity index (χ3n) is 3.40. The van der Waals surface area contributed by atoms with Gasteiger partial charge in [0.2, 0.25) is 5.89 Å². The molecule has 0 saturated heterocycles. The first-order valence-electron chi connectivity index (χ1n) is 7.91. The summed E-state index contributed by atoms with van der Waals surface area (Å²) in [4.78, 5) is 8.58. The molecule has 24 heavy (non-hydrogen) atoms. The SMILES string of the molecule is CN=C(NCCc1nc(C(C)C)no1)NCc1cccc(C)c1.I. The zero-order valence-corrected chi connectivity index (χ0v) is 17.0. The number of aliphatic imine (C=N–C) groups is 1. The van der Waals surface area contributed by atoms with Gasteiger partial charge in [0.05, 0.1) is 0 Å². The fraction of sp³-hybridized carbons (Fsp3) is 0.471. The van der Waals surface area contributed by atoms with Crippen LogP contribution >= 0.6 is 24.0 Å². The first-order chi connectivity index (χ1) is 11.1. The Morgan fingerprint density at radius 2 is 2.08 bits per heavy atom. The molecule has 0 aliphatic carbocycles. The molecule has 132 valence electrons. The van der Waals surface area contributed by atoms with E-state index in [-0.39, 0.29) is 29.9 Å². The zero-order chi connectivity index (χ0) is 16.7. The summed E-state index contributed by atoms with van der Waals surface area (Å²) in [6, 6.07) is 8.40. The number of guanidine groups is 1. The van der Waals surface area contributed by atoms with Crippen LogP contribution in [0.4, 0.5) is 0 Å². The minimum Gasteiger partial charge on any atom is -0.356 e. The molecule has 2 aromatic rings. The van der Waals surface area contributed by atoms with Gasteiger partial charge < -0.3 is 15.2 Å². The number of nitrogens with zero attached hydrogens (tertiary/aromatic N) is 3. The summed E-state index contributed by atoms with van der Waals surface area (Å²) in [6.07, 6.45) is 0.671. The molecule has 6 nitrogen and oxygen atoms in total. The highest BCUT2D eigenvalue weighted by atomic mass is 127. The molecule has 0 fully saturated rings. The largest absolute Gasteiger partial charge is 0.356 e. The lowest BCUT2D eigenvalue weighted by Crippen LogP contribution is -2.37. The van der Waals surface area contributed by atoms with Gasteiger partial charge in [0, 0.05) is 32.5 Å². The van der Waals surface area contributed by atoms with Gasteiger partial charge in [-0.25, -0.2) is 0 Å². The maximum absolute atomic E-state index is 5.22. The second-order valence-electron chi connectivity index (χ2n) is 5.79. The highest BCUT2D eigenvalue weighted by molar-refractivity contribution is 14.0. The molecule has 2 rings (SSSR count). The first kappa shape index (κ1) is 20.4. The number of hydrogen-bond donors (Lipinski definition) is 2. The Morgan fingerprint density at radius 1 is 1.29 bits per heavy atom. The van der Waals surface area contributed by atoms with Crippen LogP contribution in [0.2, 0.25) is 0 Å². The standard InChI is InChI=1S/C17H25N5O.HI/c1-12(2)16-21-15(23-22-16)8-9-19-17(18-4)20-11-14-7-5-6-13(3)10-14;/h5-7,10,12H,8-9,11H2,1-4H3,(H2,18,19,20);1H. The minimum atomic E-state index is 0. The highest BCUT2D eigenvalue weighted by Gasteiger charge is 2.09. The second kappa shape index (κ2) is 10.3. The first-order valence-corrected chi connectivity index (χ1v) is 7.91. The maximum Gasteiger partial charge on any atom is 0.228 e. The van der Waals surface area contributed by atoms with E-state index in [1.807, 2.05) is 13.8 Å². The van der Waals surface area contributed by atoms with Gasteiger partial charge in [-0.2, -0.15) is 4.98 Å². The van der Waals surface area contributed by atoms with Gasteiger partial charge in [-0.3, -0.25) is 4.99 Å². The molecule has 0 unspecified atom stereocenters. The maximum atomic E-state index is 5.22. The molecule has 1 aromatic heterocycles. The number of benzene rings is 1. The number of nitrogens with one attached hydrogen (secondary N) is 2. The Balaban J connectivity index is 0.00000288. The number of halogens is 1. The van der Waals surface area contributed by atoms with Crippen LogP contribution in [0, 0.1) is 6.92 Å². The Morgan fingerprint density at radius 3 is 2.71 bits per heavy atom. The molecule has 0 radical (unpaired) electrons. The average Bonchev–Trinajstić information content (AvgIpc) is 3.00. The average molecular weight is 443 g/mol. The van der Waals surface area contributed by atoms with E-state index in [4.69, 9.17) is 4.52 Å². The number of rotatable bonds is 6. The second-order valence-corrected chi connectivity index (χ2v) is 5.79. The van der Waals surface area contributed by atoms with E-state index in [0.29, 0.717) is 18.9 Å². The molecule has 0 saturated carbocycles. The van der Waals surface area contributed by atoms with E-state index in [1.165, 1.54) is 11.1 Å². The lowest BCUT2D eigenvalue weighted by atomic mass is 10.1. The molecule has 0 bridgehead atoms. The van der Waals surface area contributed by atoms with Crippen LogP contribution < -0.4 is 10.6 Å². The van der Waals surface area contributed by atoms with Crippen molar-refractivity contribution in [3.05, 3.63) is 47.1 Å². The van der Waals surface area contributed by atoms with Crippen molar-refractivity contribution < 1.29 is 4.52 Å². The molecule has 7 heteroatoms. The van der Waals surface area contributed by atoms with Crippen LogP contribution in [0.25, 0.3) is 0 Å². The van der Waals surface area contributed by atoms with E-state index >= 15 is 0 Å². The predicted octanol–water partition coefficient (Wildman–Crippen LogP) is 3.03. The molecule has 0 spiro atoms. The Hall–Kier alpha value is -1.64. The monoisotopic (exact) mass is 443 g/mol. The molecule has 1 aromatic carbocycles. The van der Waals surface area contributed by atoms with E-state index in [9.17, 15) is 0 Å². The van der Waals surface area contributed by atoms with Gasteiger partial charge in [-0.15, -0.1) is 24.0 Å². The van der Waals surface area contributed by atoms with Crippen LogP contribution in [0.5, 0.6) is 0 Å². The molecule has 2 N–H and O–H groups in total. The molecule has 0 aliphatic rings. The van der Waals surface area contributed by atoms with Crippen LogP contribution in [0.3, 0.4) is 0 Å². The third-order valence-corrected chi connectivity index (χ3v) is 3.40. The Bertz CT molecular complexity index is 654. The summed E-state index contributed by atoms with van der Waals surface area (Å²) in [5.74, 6) is 2.44. The van der Waals surface area contributed by atoms with Crippen molar-refractivity contribution in [1.29, 1.82) is 0 Å². The number of aromatic nitrogens is 2. The van der Waals surface area contributed by atoms with Crippen LogP contribution in [0.1, 0.15) is 42.6 Å². The van der Waals surface area contributed by atoms with Crippen LogP contribution in [-0.4, -0.2) is 29.7 Å². The fourth-order valence-corrected chi connectivity index (χ4v) is 2.12. The van der Waals surface area contributed by atoms with Crippen molar-refractivity contribution >= 4 is 29.9 Å².